The van der Waals surface area contributed by atoms with Crippen LogP contribution in [0.4, 0.5) is 4.79 Å². The highest BCUT2D eigenvalue weighted by atomic mass is 32.2. The minimum absolute atomic E-state index is 0.251. The average Bonchev–Trinajstić information content (AvgIpc) is 2.44. The van der Waals surface area contributed by atoms with Crippen LogP contribution in [0.1, 0.15) is 26.3 Å². The van der Waals surface area contributed by atoms with Gasteiger partial charge in [0.15, 0.2) is 0 Å². The van der Waals surface area contributed by atoms with Crippen molar-refractivity contribution in [2.24, 2.45) is 0 Å². The first-order valence-electron chi connectivity index (χ1n) is 7.14. The van der Waals surface area contributed by atoms with E-state index in [4.69, 9.17) is 9.47 Å². The fraction of sp³-hybridized carbons (Fsp3) is 0.500. The van der Waals surface area contributed by atoms with Crippen LogP contribution >= 0.6 is 11.8 Å². The van der Waals surface area contributed by atoms with Crippen LogP contribution < -0.4 is 10.1 Å². The van der Waals surface area contributed by atoms with Crippen molar-refractivity contribution in [1.29, 1.82) is 0 Å². The number of carbonyl (C=O) groups is 2. The van der Waals surface area contributed by atoms with E-state index in [-0.39, 0.29) is 5.75 Å². The topological polar surface area (TPSA) is 84.9 Å². The number of alkyl carbamates (subject to hydrolysis) is 1. The Morgan fingerprint density at radius 2 is 1.87 bits per heavy atom. The number of hydrogen-bond donors (Lipinski definition) is 2. The van der Waals surface area contributed by atoms with Crippen LogP contribution in [0.2, 0.25) is 0 Å². The van der Waals surface area contributed by atoms with Crippen molar-refractivity contribution in [3.05, 3.63) is 29.8 Å². The monoisotopic (exact) mass is 341 g/mol. The van der Waals surface area contributed by atoms with Crippen molar-refractivity contribution in [2.75, 3.05) is 12.9 Å². The number of hydrogen-bond acceptors (Lipinski definition) is 5. The number of ether oxygens (including phenoxy) is 2. The van der Waals surface area contributed by atoms with Gasteiger partial charge in [0.1, 0.15) is 17.4 Å². The molecular weight excluding hydrogens is 318 g/mol. The molecule has 0 saturated heterocycles. The van der Waals surface area contributed by atoms with Crippen molar-refractivity contribution in [2.45, 2.75) is 38.2 Å². The van der Waals surface area contributed by atoms with Gasteiger partial charge in [-0.05, 0) is 38.5 Å². The maximum Gasteiger partial charge on any atom is 0.408 e. The standard InChI is InChI=1S/C16H23NO5S/c1-16(2,3)22-15(20)17-13(14(18)19)10-23-9-11-5-7-12(21-4)8-6-11/h5-8,13H,9-10H2,1-4H3,(H,17,20)(H,18,19)/t13-/m0/s1. The minimum atomic E-state index is -1.09. The van der Waals surface area contributed by atoms with Crippen LogP contribution in [0.5, 0.6) is 5.75 Å². The second-order valence-electron chi connectivity index (χ2n) is 5.90. The van der Waals surface area contributed by atoms with E-state index in [0.717, 1.165) is 11.3 Å². The molecule has 0 aliphatic rings. The second kappa shape index (κ2) is 8.67. The lowest BCUT2D eigenvalue weighted by molar-refractivity contribution is -0.138. The number of methoxy groups -OCH3 is 1. The van der Waals surface area contributed by atoms with Gasteiger partial charge in [0.25, 0.3) is 0 Å². The molecule has 23 heavy (non-hydrogen) atoms. The molecule has 2 N–H and O–H groups in total. The molecule has 0 aliphatic heterocycles. The molecule has 1 atom stereocenters. The van der Waals surface area contributed by atoms with Crippen LogP contribution in [-0.2, 0) is 15.3 Å². The van der Waals surface area contributed by atoms with Crippen LogP contribution in [0.3, 0.4) is 0 Å². The first-order valence-corrected chi connectivity index (χ1v) is 8.30. The summed E-state index contributed by atoms with van der Waals surface area (Å²) in [5, 5.41) is 11.6. The first kappa shape index (κ1) is 19.2. The van der Waals surface area contributed by atoms with Gasteiger partial charge < -0.3 is 19.9 Å². The lowest BCUT2D eigenvalue weighted by Gasteiger charge is -2.21. The Hall–Kier alpha value is -1.89. The summed E-state index contributed by atoms with van der Waals surface area (Å²) in [5.74, 6) is 0.580. The Labute approximate surface area is 140 Å². The highest BCUT2D eigenvalue weighted by Crippen LogP contribution is 2.17. The summed E-state index contributed by atoms with van der Waals surface area (Å²) in [6.07, 6.45) is -0.727. The molecule has 0 unspecified atom stereocenters. The summed E-state index contributed by atoms with van der Waals surface area (Å²) in [7, 11) is 1.60. The number of carboxylic acid groups (broad SMARTS) is 1. The molecule has 0 aromatic heterocycles. The first-order chi connectivity index (χ1) is 10.7. The van der Waals surface area contributed by atoms with Gasteiger partial charge in [0.05, 0.1) is 7.11 Å². The Bertz CT molecular complexity index is 524. The molecule has 0 radical (unpaired) electrons. The molecular formula is C16H23NO5S. The van der Waals surface area contributed by atoms with Crippen LogP contribution in [0, 0.1) is 0 Å². The number of rotatable bonds is 7. The smallest absolute Gasteiger partial charge is 0.408 e. The summed E-state index contributed by atoms with van der Waals surface area (Å²) in [6.45, 7) is 5.17. The SMILES string of the molecule is COc1ccc(CSC[C@H](NC(=O)OC(C)(C)C)C(=O)O)cc1. The van der Waals surface area contributed by atoms with Gasteiger partial charge in [-0.15, -0.1) is 0 Å². The summed E-state index contributed by atoms with van der Waals surface area (Å²) in [6, 6.07) is 6.55. The van der Waals surface area contributed by atoms with E-state index >= 15 is 0 Å². The van der Waals surface area contributed by atoms with Crippen molar-refractivity contribution in [3.63, 3.8) is 0 Å². The van der Waals surface area contributed by atoms with Gasteiger partial charge in [0, 0.05) is 11.5 Å². The molecule has 0 spiro atoms. The Morgan fingerprint density at radius 1 is 1.26 bits per heavy atom. The maximum atomic E-state index is 11.7. The zero-order valence-electron chi connectivity index (χ0n) is 13.8. The van der Waals surface area contributed by atoms with Gasteiger partial charge in [-0.25, -0.2) is 9.59 Å². The Kier molecular flexibility index (Phi) is 7.22. The largest absolute Gasteiger partial charge is 0.497 e. The second-order valence-corrected chi connectivity index (χ2v) is 6.93. The van der Waals surface area contributed by atoms with Crippen LogP contribution in [-0.4, -0.2) is 41.7 Å². The van der Waals surface area contributed by atoms with Crippen molar-refractivity contribution in [1.82, 2.24) is 5.32 Å². The normalized spacial score (nSPS) is 12.3. The van der Waals surface area contributed by atoms with E-state index < -0.39 is 23.7 Å². The Morgan fingerprint density at radius 3 is 2.35 bits per heavy atom. The summed E-state index contributed by atoms with van der Waals surface area (Å²) in [4.78, 5) is 22.9. The van der Waals surface area contributed by atoms with Crippen LogP contribution in [0.15, 0.2) is 24.3 Å². The summed E-state index contributed by atoms with van der Waals surface area (Å²) in [5.41, 5.74) is 0.390. The quantitative estimate of drug-likeness (QED) is 0.793. The summed E-state index contributed by atoms with van der Waals surface area (Å²) >= 11 is 1.42. The zero-order chi connectivity index (χ0) is 17.5. The van der Waals surface area contributed by atoms with Crippen molar-refractivity contribution in [3.8, 4) is 5.75 Å². The third-order valence-electron chi connectivity index (χ3n) is 2.70. The number of benzene rings is 1. The van der Waals surface area contributed by atoms with Gasteiger partial charge in [-0.2, -0.15) is 11.8 Å². The highest BCUT2D eigenvalue weighted by Gasteiger charge is 2.23. The predicted molar refractivity (Wildman–Crippen MR) is 89.9 cm³/mol. The molecule has 1 rings (SSSR count). The number of carbonyl (C=O) groups excluding carboxylic acids is 1. The lowest BCUT2D eigenvalue weighted by atomic mass is 10.2. The molecule has 128 valence electrons. The van der Waals surface area contributed by atoms with Gasteiger partial charge >= 0.3 is 12.1 Å². The van der Waals surface area contributed by atoms with Crippen LogP contribution in [0.25, 0.3) is 0 Å². The average molecular weight is 341 g/mol. The number of amides is 1. The van der Waals surface area contributed by atoms with E-state index in [1.165, 1.54) is 11.8 Å². The van der Waals surface area contributed by atoms with Crippen molar-refractivity contribution >= 4 is 23.8 Å². The molecule has 0 heterocycles. The molecule has 1 aromatic carbocycles. The maximum absolute atomic E-state index is 11.7. The third-order valence-corrected chi connectivity index (χ3v) is 3.81. The minimum Gasteiger partial charge on any atom is -0.497 e. The predicted octanol–water partition coefficient (Wildman–Crippen LogP) is 2.91. The zero-order valence-corrected chi connectivity index (χ0v) is 14.6. The molecule has 0 bridgehead atoms. The summed E-state index contributed by atoms with van der Waals surface area (Å²) < 4.78 is 10.2. The Balaban J connectivity index is 2.46. The van der Waals surface area contributed by atoms with E-state index in [2.05, 4.69) is 5.32 Å². The molecule has 1 aromatic rings. The molecule has 1 amide bonds. The number of carboxylic acids is 1. The molecule has 7 heteroatoms. The van der Waals surface area contributed by atoms with E-state index in [9.17, 15) is 14.7 Å². The fourth-order valence-corrected chi connectivity index (χ4v) is 2.65. The van der Waals surface area contributed by atoms with E-state index in [0.29, 0.717) is 5.75 Å². The van der Waals surface area contributed by atoms with Gasteiger partial charge in [0.2, 0.25) is 0 Å². The number of thioether (sulfide) groups is 1. The number of nitrogens with one attached hydrogen (secondary N) is 1. The number of aliphatic carboxylic acids is 1. The highest BCUT2D eigenvalue weighted by molar-refractivity contribution is 7.98. The fourth-order valence-electron chi connectivity index (χ4n) is 1.64. The third kappa shape index (κ3) is 7.78. The molecule has 6 nitrogen and oxygen atoms in total. The molecule has 0 fully saturated rings. The molecule has 0 aliphatic carbocycles. The van der Waals surface area contributed by atoms with Gasteiger partial charge in [-0.3, -0.25) is 0 Å². The van der Waals surface area contributed by atoms with Crippen molar-refractivity contribution < 1.29 is 24.2 Å². The lowest BCUT2D eigenvalue weighted by Crippen LogP contribution is -2.44. The van der Waals surface area contributed by atoms with Gasteiger partial charge in [-0.1, -0.05) is 12.1 Å². The van der Waals surface area contributed by atoms with E-state index in [1.807, 2.05) is 24.3 Å². The molecule has 0 saturated carbocycles. The van der Waals surface area contributed by atoms with E-state index in [1.54, 1.807) is 27.9 Å².